The number of rotatable bonds is 12. The predicted molar refractivity (Wildman–Crippen MR) is 182 cm³/mol. The molecule has 1 aliphatic heterocycles. The Morgan fingerprint density at radius 2 is 1.67 bits per heavy atom. The Hall–Kier alpha value is -3.23. The van der Waals surface area contributed by atoms with Crippen LogP contribution in [0.15, 0.2) is 94.7 Å². The van der Waals surface area contributed by atoms with Crippen molar-refractivity contribution in [2.75, 3.05) is 17.2 Å². The minimum atomic E-state index is -4.46. The van der Waals surface area contributed by atoms with Gasteiger partial charge in [-0.25, -0.2) is 8.42 Å². The molecular formula is C35H36N2NaO8S2+. The SMILES string of the molecule is CCC(=Cc1oc2ccc3ccccc3c2[n+]1CCC(C)S(=O)(=O)[O-])C=C1Oc2cc3ccccc3cc2N1CCCCS(=O)(=O)O.[Na+]. The van der Waals surface area contributed by atoms with E-state index in [4.69, 9.17) is 9.15 Å². The summed E-state index contributed by atoms with van der Waals surface area (Å²) in [6, 6.07) is 23.7. The van der Waals surface area contributed by atoms with Gasteiger partial charge in [0.25, 0.3) is 15.6 Å². The third-order valence-corrected chi connectivity index (χ3v) is 10.6. The Labute approximate surface area is 302 Å². The van der Waals surface area contributed by atoms with Gasteiger partial charge in [0, 0.05) is 19.0 Å². The Bertz CT molecular complexity index is 2260. The number of anilines is 1. The topological polar surface area (TPSA) is 141 Å². The average molecular weight is 700 g/mol. The van der Waals surface area contributed by atoms with Crippen LogP contribution in [0.1, 0.15) is 45.4 Å². The van der Waals surface area contributed by atoms with Crippen LogP contribution in [0.5, 0.6) is 5.75 Å². The van der Waals surface area contributed by atoms with E-state index >= 15 is 0 Å². The summed E-state index contributed by atoms with van der Waals surface area (Å²) < 4.78 is 81.8. The van der Waals surface area contributed by atoms with Crippen molar-refractivity contribution in [1.82, 2.24) is 0 Å². The number of hydrogen-bond acceptors (Lipinski definition) is 8. The first-order chi connectivity index (χ1) is 22.4. The fourth-order valence-electron chi connectivity index (χ4n) is 5.90. The van der Waals surface area contributed by atoms with Gasteiger partial charge in [0.2, 0.25) is 11.5 Å². The summed E-state index contributed by atoms with van der Waals surface area (Å²) in [5.41, 5.74) is 3.16. The van der Waals surface area contributed by atoms with E-state index in [1.807, 2.05) is 101 Å². The normalized spacial score (nSPS) is 15.2. The van der Waals surface area contributed by atoms with Gasteiger partial charge in [-0.15, -0.1) is 0 Å². The van der Waals surface area contributed by atoms with E-state index in [1.165, 1.54) is 6.92 Å². The Morgan fingerprint density at radius 1 is 0.979 bits per heavy atom. The second kappa shape index (κ2) is 14.7. The molecule has 1 atom stereocenters. The molecule has 0 fully saturated rings. The molecule has 246 valence electrons. The Kier molecular flexibility index (Phi) is 11.1. The van der Waals surface area contributed by atoms with Gasteiger partial charge in [-0.1, -0.05) is 55.5 Å². The van der Waals surface area contributed by atoms with Crippen LogP contribution in [0, 0.1) is 0 Å². The van der Waals surface area contributed by atoms with E-state index in [9.17, 15) is 25.9 Å². The minimum Gasteiger partial charge on any atom is -0.748 e. The molecule has 0 amide bonds. The van der Waals surface area contributed by atoms with Crippen LogP contribution >= 0.6 is 0 Å². The van der Waals surface area contributed by atoms with Gasteiger partial charge in [-0.2, -0.15) is 13.0 Å². The predicted octanol–water partition coefficient (Wildman–Crippen LogP) is 3.56. The zero-order chi connectivity index (χ0) is 33.3. The molecule has 0 spiro atoms. The minimum absolute atomic E-state index is 0. The maximum absolute atomic E-state index is 11.7. The molecule has 0 bridgehead atoms. The van der Waals surface area contributed by atoms with E-state index < -0.39 is 25.5 Å². The molecule has 2 heterocycles. The summed E-state index contributed by atoms with van der Waals surface area (Å²) >= 11 is 0. The number of ether oxygens (including phenoxy) is 1. The van der Waals surface area contributed by atoms with Crippen LogP contribution < -0.4 is 43.8 Å². The van der Waals surface area contributed by atoms with Gasteiger partial charge in [-0.3, -0.25) is 4.55 Å². The zero-order valence-electron chi connectivity index (χ0n) is 27.1. The van der Waals surface area contributed by atoms with E-state index in [0.29, 0.717) is 42.5 Å². The molecule has 0 saturated carbocycles. The summed E-state index contributed by atoms with van der Waals surface area (Å²) in [4.78, 5) is 2.01. The number of aromatic nitrogens is 1. The van der Waals surface area contributed by atoms with Crippen LogP contribution in [0.4, 0.5) is 5.69 Å². The molecule has 1 unspecified atom stereocenters. The third kappa shape index (κ3) is 7.97. The van der Waals surface area contributed by atoms with Gasteiger partial charge in [0.05, 0.1) is 38.3 Å². The number of nitrogens with zero attached hydrogens (tertiary/aromatic N) is 2. The number of oxazole rings is 1. The van der Waals surface area contributed by atoms with E-state index in [2.05, 4.69) is 0 Å². The maximum atomic E-state index is 11.7. The van der Waals surface area contributed by atoms with E-state index in [0.717, 1.165) is 38.3 Å². The van der Waals surface area contributed by atoms with Crippen LogP contribution in [-0.4, -0.2) is 43.5 Å². The fraction of sp³-hybridized carbons (Fsp3) is 0.286. The summed E-state index contributed by atoms with van der Waals surface area (Å²) in [6.45, 7) is 4.13. The van der Waals surface area contributed by atoms with Gasteiger partial charge < -0.3 is 18.6 Å². The maximum Gasteiger partial charge on any atom is 1.00 e. The summed E-state index contributed by atoms with van der Waals surface area (Å²) in [5.74, 6) is 1.42. The monoisotopic (exact) mass is 699 g/mol. The van der Waals surface area contributed by atoms with Gasteiger partial charge in [0.15, 0.2) is 12.3 Å². The molecule has 0 radical (unpaired) electrons. The molecule has 1 aromatic heterocycles. The van der Waals surface area contributed by atoms with Crippen molar-refractivity contribution in [3.8, 4) is 5.75 Å². The number of aryl methyl sites for hydroxylation is 1. The second-order valence-corrected chi connectivity index (χ2v) is 15.1. The van der Waals surface area contributed by atoms with E-state index in [1.54, 1.807) is 0 Å². The largest absolute Gasteiger partial charge is 1.00 e. The van der Waals surface area contributed by atoms with Gasteiger partial charge in [-0.05, 0) is 72.2 Å². The van der Waals surface area contributed by atoms with Crippen LogP contribution in [0.25, 0.3) is 38.7 Å². The first kappa shape index (κ1) is 36.1. The van der Waals surface area contributed by atoms with Crippen molar-refractivity contribution in [3.05, 3.63) is 96.2 Å². The molecule has 0 aliphatic carbocycles. The first-order valence-corrected chi connectivity index (χ1v) is 18.6. The van der Waals surface area contributed by atoms with Crippen LogP contribution in [0.3, 0.4) is 0 Å². The number of unbranched alkanes of at least 4 members (excludes halogenated alkanes) is 1. The van der Waals surface area contributed by atoms with Crippen molar-refractivity contribution in [2.45, 2.75) is 51.3 Å². The van der Waals surface area contributed by atoms with Crippen molar-refractivity contribution >= 4 is 64.6 Å². The Morgan fingerprint density at radius 3 is 2.35 bits per heavy atom. The molecule has 0 saturated heterocycles. The molecule has 48 heavy (non-hydrogen) atoms. The number of benzene rings is 4. The van der Waals surface area contributed by atoms with Crippen molar-refractivity contribution in [3.63, 3.8) is 0 Å². The number of fused-ring (bicyclic) bond motifs is 5. The summed E-state index contributed by atoms with van der Waals surface area (Å²) in [6.07, 6.45) is 5.32. The molecule has 4 aromatic carbocycles. The zero-order valence-corrected chi connectivity index (χ0v) is 30.8. The van der Waals surface area contributed by atoms with Crippen molar-refractivity contribution in [2.24, 2.45) is 0 Å². The number of hydrogen-bond donors (Lipinski definition) is 1. The smallest absolute Gasteiger partial charge is 0.748 e. The second-order valence-electron chi connectivity index (χ2n) is 11.8. The van der Waals surface area contributed by atoms with Gasteiger partial charge >= 0.3 is 35.4 Å². The van der Waals surface area contributed by atoms with Crippen molar-refractivity contribution < 1.29 is 69.2 Å². The Balaban J connectivity index is 0.00000451. The third-order valence-electron chi connectivity index (χ3n) is 8.52. The van der Waals surface area contributed by atoms with Crippen LogP contribution in [-0.2, 0) is 26.8 Å². The van der Waals surface area contributed by atoms with E-state index in [-0.39, 0.29) is 54.7 Å². The molecule has 13 heteroatoms. The summed E-state index contributed by atoms with van der Waals surface area (Å²) in [7, 11) is -8.53. The van der Waals surface area contributed by atoms with Crippen molar-refractivity contribution in [1.29, 1.82) is 0 Å². The first-order valence-electron chi connectivity index (χ1n) is 15.6. The molecule has 6 rings (SSSR count). The quantitative estimate of drug-likeness (QED) is 0.0896. The molecular weight excluding hydrogens is 664 g/mol. The molecule has 1 aliphatic rings. The molecule has 1 N–H and O–H groups in total. The standard InChI is InChI=1S/C35H36N2O8S2.Na/c1-3-25(20-33-36(17-8-9-19-46(38,39)40)30-22-27-11-4-5-12-28(27)23-32(30)45-33)21-34-37(18-16-24(2)47(41,42)43)35-29-13-7-6-10-26(29)14-15-31(35)44-34;/h4-7,10-15,20-24H,3,8-9,16-19H2,1-2H3,(H-,38,39,40,41,42,43);/q;+1. The molecule has 10 nitrogen and oxygen atoms in total. The fourth-order valence-corrected chi connectivity index (χ4v) is 6.86. The number of allylic oxidation sites excluding steroid dienone is 2. The van der Waals surface area contributed by atoms with Crippen LogP contribution in [0.2, 0.25) is 0 Å². The summed E-state index contributed by atoms with van der Waals surface area (Å²) in [5, 5.41) is 2.93. The average Bonchev–Trinajstić information content (AvgIpc) is 3.55. The molecule has 5 aromatic rings. The van der Waals surface area contributed by atoms with Gasteiger partial charge in [0.1, 0.15) is 0 Å².